The lowest BCUT2D eigenvalue weighted by Gasteiger charge is -2.31. The van der Waals surface area contributed by atoms with Crippen LogP contribution in [-0.2, 0) is 16.1 Å². The molecule has 33 heavy (non-hydrogen) atoms. The number of nitrogens with zero attached hydrogens (tertiary/aromatic N) is 1. The molecule has 9 heteroatoms. The molecule has 0 heterocycles. The third kappa shape index (κ3) is 7.51. The maximum atomic E-state index is 13.2. The van der Waals surface area contributed by atoms with Crippen molar-refractivity contribution >= 4 is 62.5 Å². The van der Waals surface area contributed by atoms with Crippen LogP contribution in [0.3, 0.4) is 0 Å². The Labute approximate surface area is 217 Å². The van der Waals surface area contributed by atoms with Crippen LogP contribution in [0.15, 0.2) is 40.9 Å². The fourth-order valence-corrected chi connectivity index (χ4v) is 4.85. The van der Waals surface area contributed by atoms with E-state index in [9.17, 15) is 9.59 Å². The molecule has 3 rings (SSSR count). The van der Waals surface area contributed by atoms with Gasteiger partial charge in [0.2, 0.25) is 5.91 Å². The van der Waals surface area contributed by atoms with Gasteiger partial charge in [-0.15, -0.1) is 0 Å². The van der Waals surface area contributed by atoms with Crippen molar-refractivity contribution in [3.05, 3.63) is 61.5 Å². The smallest absolute Gasteiger partial charge is 0.261 e. The second-order valence-electron chi connectivity index (χ2n) is 8.15. The number of nitrogens with one attached hydrogen (secondary N) is 1. The molecule has 0 bridgehead atoms. The average molecular weight is 577 g/mol. The quantitative estimate of drug-likeness (QED) is 0.383. The molecule has 0 radical (unpaired) electrons. The molecule has 0 spiro atoms. The van der Waals surface area contributed by atoms with Crippen molar-refractivity contribution in [3.63, 3.8) is 0 Å². The van der Waals surface area contributed by atoms with Crippen LogP contribution in [0.1, 0.15) is 44.6 Å². The first kappa shape index (κ1) is 26.1. The second kappa shape index (κ2) is 12.3. The average Bonchev–Trinajstić information content (AvgIpc) is 2.79. The second-order valence-corrected chi connectivity index (χ2v) is 10.3. The highest BCUT2D eigenvalue weighted by molar-refractivity contribution is 9.10. The molecule has 2 amide bonds. The normalized spacial score (nSPS) is 15.1. The molecule has 0 unspecified atom stereocenters. The van der Waals surface area contributed by atoms with Crippen LogP contribution in [0.5, 0.6) is 5.75 Å². The molecule has 0 aliphatic heterocycles. The summed E-state index contributed by atoms with van der Waals surface area (Å²) in [5, 5.41) is 4.30. The van der Waals surface area contributed by atoms with Crippen LogP contribution in [0.25, 0.3) is 0 Å². The van der Waals surface area contributed by atoms with Crippen molar-refractivity contribution in [1.82, 2.24) is 10.2 Å². The van der Waals surface area contributed by atoms with Crippen LogP contribution >= 0.6 is 50.7 Å². The Morgan fingerprint density at radius 1 is 1.06 bits per heavy atom. The Kier molecular flexibility index (Phi) is 9.74. The van der Waals surface area contributed by atoms with E-state index in [4.69, 9.17) is 39.5 Å². The van der Waals surface area contributed by atoms with E-state index in [0.29, 0.717) is 20.8 Å². The van der Waals surface area contributed by atoms with Gasteiger partial charge in [-0.25, -0.2) is 0 Å². The number of carbonyl (C=O) groups excluding carboxylic acids is 2. The summed E-state index contributed by atoms with van der Waals surface area (Å²) in [6.07, 6.45) is 5.33. The summed E-state index contributed by atoms with van der Waals surface area (Å²) in [5.41, 5.74) is 0.761. The van der Waals surface area contributed by atoms with Gasteiger partial charge in [0.05, 0.1) is 15.1 Å². The number of rotatable bonds is 8. The third-order valence-corrected chi connectivity index (χ3v) is 7.23. The molecular formula is C24H26BrCl3N2O3. The highest BCUT2D eigenvalue weighted by atomic mass is 79.9. The van der Waals surface area contributed by atoms with E-state index in [0.717, 1.165) is 35.7 Å². The van der Waals surface area contributed by atoms with Gasteiger partial charge in [-0.3, -0.25) is 9.59 Å². The van der Waals surface area contributed by atoms with E-state index in [1.807, 2.05) is 0 Å². The maximum Gasteiger partial charge on any atom is 0.261 e. The number of ether oxygens (including phenoxy) is 1. The van der Waals surface area contributed by atoms with Gasteiger partial charge in [0.1, 0.15) is 11.8 Å². The van der Waals surface area contributed by atoms with Crippen LogP contribution in [0.2, 0.25) is 15.1 Å². The zero-order chi connectivity index (χ0) is 24.0. The van der Waals surface area contributed by atoms with Gasteiger partial charge in [-0.2, -0.15) is 0 Å². The Hall–Kier alpha value is -1.47. The van der Waals surface area contributed by atoms with Gasteiger partial charge in [0.15, 0.2) is 6.61 Å². The summed E-state index contributed by atoms with van der Waals surface area (Å²) < 4.78 is 6.48. The number of amides is 2. The molecule has 1 N–H and O–H groups in total. The predicted octanol–water partition coefficient (Wildman–Crippen LogP) is 6.65. The van der Waals surface area contributed by atoms with Gasteiger partial charge in [0.25, 0.3) is 5.91 Å². The standard InChI is InChI=1S/C24H26BrCl3N2O3/c1-15(24(32)29-18-5-3-2-4-6-18)30(13-16-7-9-19(26)20(27)11-16)23(31)14-33-22-10-8-17(25)12-21(22)28/h7-12,15,18H,2-6,13-14H2,1H3,(H,29,32)/t15-/m0/s1. The van der Waals surface area contributed by atoms with Gasteiger partial charge in [0, 0.05) is 17.1 Å². The summed E-state index contributed by atoms with van der Waals surface area (Å²) in [7, 11) is 0. The van der Waals surface area contributed by atoms with E-state index in [1.54, 1.807) is 43.3 Å². The van der Waals surface area contributed by atoms with Crippen LogP contribution in [0.4, 0.5) is 0 Å². The van der Waals surface area contributed by atoms with Crippen LogP contribution < -0.4 is 10.1 Å². The molecule has 5 nitrogen and oxygen atoms in total. The predicted molar refractivity (Wildman–Crippen MR) is 136 cm³/mol. The number of benzene rings is 2. The minimum atomic E-state index is -0.696. The summed E-state index contributed by atoms with van der Waals surface area (Å²) in [6.45, 7) is 1.65. The molecule has 178 valence electrons. The molecule has 1 aliphatic rings. The van der Waals surface area contributed by atoms with Crippen molar-refractivity contribution in [3.8, 4) is 5.75 Å². The van der Waals surface area contributed by atoms with E-state index in [1.165, 1.54) is 11.3 Å². The summed E-state index contributed by atoms with van der Waals surface area (Å²) >= 11 is 21.7. The summed E-state index contributed by atoms with van der Waals surface area (Å²) in [6, 6.07) is 9.75. The molecule has 1 fully saturated rings. The monoisotopic (exact) mass is 574 g/mol. The van der Waals surface area contributed by atoms with Crippen LogP contribution in [-0.4, -0.2) is 35.4 Å². The zero-order valence-corrected chi connectivity index (χ0v) is 22.1. The molecule has 0 saturated heterocycles. The third-order valence-electron chi connectivity index (χ3n) is 5.70. The Balaban J connectivity index is 1.74. The molecule has 0 aromatic heterocycles. The first-order chi connectivity index (χ1) is 15.7. The fraction of sp³-hybridized carbons (Fsp3) is 0.417. The number of hydrogen-bond acceptors (Lipinski definition) is 3. The van der Waals surface area contributed by atoms with Crippen molar-refractivity contribution < 1.29 is 14.3 Å². The maximum absolute atomic E-state index is 13.2. The summed E-state index contributed by atoms with van der Waals surface area (Å²) in [5.74, 6) is -0.134. The van der Waals surface area contributed by atoms with Crippen molar-refractivity contribution in [2.75, 3.05) is 6.61 Å². The minimum Gasteiger partial charge on any atom is -0.482 e. The highest BCUT2D eigenvalue weighted by Gasteiger charge is 2.28. The van der Waals surface area contributed by atoms with Crippen molar-refractivity contribution in [1.29, 1.82) is 0 Å². The first-order valence-corrected chi connectivity index (χ1v) is 12.8. The number of hydrogen-bond donors (Lipinski definition) is 1. The molecule has 1 aliphatic carbocycles. The van der Waals surface area contributed by atoms with E-state index in [-0.39, 0.29) is 31.0 Å². The minimum absolute atomic E-state index is 0.147. The Bertz CT molecular complexity index is 999. The van der Waals surface area contributed by atoms with Gasteiger partial charge in [-0.1, -0.05) is 76.1 Å². The largest absolute Gasteiger partial charge is 0.482 e. The Morgan fingerprint density at radius 2 is 1.79 bits per heavy atom. The fourth-order valence-electron chi connectivity index (χ4n) is 3.80. The lowest BCUT2D eigenvalue weighted by atomic mass is 9.95. The molecule has 1 saturated carbocycles. The molecular weight excluding hydrogens is 551 g/mol. The van der Waals surface area contributed by atoms with Crippen molar-refractivity contribution in [2.45, 2.75) is 57.7 Å². The van der Waals surface area contributed by atoms with Gasteiger partial charge < -0.3 is 15.0 Å². The lowest BCUT2D eigenvalue weighted by molar-refractivity contribution is -0.142. The number of carbonyl (C=O) groups is 2. The summed E-state index contributed by atoms with van der Waals surface area (Å²) in [4.78, 5) is 27.7. The first-order valence-electron chi connectivity index (χ1n) is 10.9. The lowest BCUT2D eigenvalue weighted by Crippen LogP contribution is -2.51. The zero-order valence-electron chi connectivity index (χ0n) is 18.3. The van der Waals surface area contributed by atoms with E-state index < -0.39 is 6.04 Å². The van der Waals surface area contributed by atoms with E-state index in [2.05, 4.69) is 21.2 Å². The van der Waals surface area contributed by atoms with Crippen LogP contribution in [0, 0.1) is 0 Å². The molecule has 1 atom stereocenters. The van der Waals surface area contributed by atoms with Gasteiger partial charge in [-0.05, 0) is 55.7 Å². The topological polar surface area (TPSA) is 58.6 Å². The Morgan fingerprint density at radius 3 is 2.45 bits per heavy atom. The molecule has 2 aromatic carbocycles. The van der Waals surface area contributed by atoms with Crippen molar-refractivity contribution in [2.24, 2.45) is 0 Å². The van der Waals surface area contributed by atoms with Gasteiger partial charge >= 0.3 is 0 Å². The number of halogens is 4. The molecule has 2 aromatic rings. The SMILES string of the molecule is C[C@@H](C(=O)NC1CCCCC1)N(Cc1ccc(Cl)c(Cl)c1)C(=O)COc1ccc(Br)cc1Cl. The highest BCUT2D eigenvalue weighted by Crippen LogP contribution is 2.28. The van der Waals surface area contributed by atoms with E-state index >= 15 is 0 Å².